The molecule has 4 nitrogen and oxygen atoms in total. The van der Waals surface area contributed by atoms with E-state index in [1.54, 1.807) is 7.11 Å². The quantitative estimate of drug-likeness (QED) is 0.526. The Morgan fingerprint density at radius 2 is 1.67 bits per heavy atom. The van der Waals surface area contributed by atoms with E-state index >= 15 is 0 Å². The number of amidine groups is 1. The summed E-state index contributed by atoms with van der Waals surface area (Å²) in [6, 6.07) is 24.4. The zero-order valence-electron chi connectivity index (χ0n) is 16.6. The summed E-state index contributed by atoms with van der Waals surface area (Å²) in [4.78, 5) is 2.24. The fraction of sp³-hybridized carbons (Fsp3) is 0.208. The van der Waals surface area contributed by atoms with E-state index in [-0.39, 0.29) is 17.0 Å². The van der Waals surface area contributed by atoms with E-state index in [4.69, 9.17) is 4.74 Å². The summed E-state index contributed by atoms with van der Waals surface area (Å²) in [7, 11) is 1.65. The number of hydrogen-bond donors (Lipinski definition) is 1. The lowest BCUT2D eigenvalue weighted by atomic mass is 9.98. The molecule has 0 aromatic heterocycles. The van der Waals surface area contributed by atoms with Gasteiger partial charge in [0.2, 0.25) is 0 Å². The first-order chi connectivity index (χ1) is 14.1. The summed E-state index contributed by atoms with van der Waals surface area (Å²) in [5.41, 5.74) is 3.11. The molecule has 2 heterocycles. The molecule has 3 aromatic rings. The van der Waals surface area contributed by atoms with Gasteiger partial charge in [0, 0.05) is 10.0 Å². The summed E-state index contributed by atoms with van der Waals surface area (Å²) in [5, 5.41) is 12.1. The Morgan fingerprint density at radius 1 is 0.967 bits per heavy atom. The van der Waals surface area contributed by atoms with Crippen LogP contribution in [0.2, 0.25) is 0 Å². The van der Waals surface area contributed by atoms with Crippen LogP contribution in [-0.2, 0) is 12.1 Å². The Bertz CT molecular complexity index is 1100. The number of para-hydroxylation sites is 1. The third-order valence-corrected chi connectivity index (χ3v) is 6.39. The van der Waals surface area contributed by atoms with Gasteiger partial charge in [0.05, 0.1) is 13.5 Å². The number of β-amino-alcohol motifs (C(OH)–C–C–N with tert-alkyl or cyclic N) is 1. The number of aliphatic hydroxyl groups is 1. The molecule has 0 radical (unpaired) electrons. The maximum Gasteiger partial charge on any atom is 0.275 e. The van der Waals surface area contributed by atoms with Gasteiger partial charge in [-0.05, 0) is 66.6 Å². The second-order valence-electron chi connectivity index (χ2n) is 7.49. The zero-order chi connectivity index (χ0) is 20.0. The van der Waals surface area contributed by atoms with Crippen molar-refractivity contribution in [2.24, 2.45) is 0 Å². The van der Waals surface area contributed by atoms with Crippen molar-refractivity contribution in [1.82, 2.24) is 0 Å². The molecule has 0 saturated heterocycles. The van der Waals surface area contributed by atoms with Crippen LogP contribution in [0.5, 0.6) is 5.75 Å². The van der Waals surface area contributed by atoms with Gasteiger partial charge >= 0.3 is 0 Å². The molecule has 0 saturated carbocycles. The van der Waals surface area contributed by atoms with E-state index < -0.39 is 5.72 Å². The molecule has 1 atom stereocenters. The van der Waals surface area contributed by atoms with Gasteiger partial charge in [-0.15, -0.1) is 0 Å². The topological polar surface area (TPSA) is 35.7 Å². The van der Waals surface area contributed by atoms with Crippen LogP contribution in [0.25, 0.3) is 0 Å². The van der Waals surface area contributed by atoms with Gasteiger partial charge in [0.25, 0.3) is 11.6 Å². The molecule has 154 valence electrons. The van der Waals surface area contributed by atoms with Gasteiger partial charge in [-0.3, -0.25) is 0 Å². The van der Waals surface area contributed by atoms with Crippen molar-refractivity contribution in [1.29, 1.82) is 0 Å². The highest BCUT2D eigenvalue weighted by molar-refractivity contribution is 9.10. The fourth-order valence-electron chi connectivity index (χ4n) is 4.43. The van der Waals surface area contributed by atoms with Crippen LogP contribution in [0.1, 0.15) is 17.5 Å². The van der Waals surface area contributed by atoms with Gasteiger partial charge in [0.1, 0.15) is 17.1 Å². The van der Waals surface area contributed by atoms with Gasteiger partial charge < -0.3 is 26.8 Å². The second kappa shape index (κ2) is 8.17. The minimum atomic E-state index is -1.16. The minimum absolute atomic E-state index is 0. The molecule has 5 rings (SSSR count). The number of methoxy groups -OCH3 is 1. The van der Waals surface area contributed by atoms with Gasteiger partial charge in [0.15, 0.2) is 6.54 Å². The van der Waals surface area contributed by atoms with E-state index in [9.17, 15) is 5.11 Å². The molecule has 0 bridgehead atoms. The Morgan fingerprint density at radius 3 is 2.37 bits per heavy atom. The van der Waals surface area contributed by atoms with Crippen molar-refractivity contribution in [2.45, 2.75) is 18.6 Å². The van der Waals surface area contributed by atoms with Crippen molar-refractivity contribution in [2.75, 3.05) is 18.6 Å². The van der Waals surface area contributed by atoms with Gasteiger partial charge in [-0.25, -0.2) is 4.90 Å². The zero-order valence-corrected chi connectivity index (χ0v) is 19.7. The number of fused-ring (bicyclic) bond motifs is 2. The van der Waals surface area contributed by atoms with E-state index in [2.05, 4.69) is 55.7 Å². The molecular formula is C24H22Br2N2O2. The first-order valence-electron chi connectivity index (χ1n) is 9.74. The van der Waals surface area contributed by atoms with Crippen LogP contribution in [0.15, 0.2) is 77.3 Å². The molecule has 0 aliphatic carbocycles. The molecule has 3 aromatic carbocycles. The number of rotatable bonds is 3. The lowest BCUT2D eigenvalue weighted by Crippen LogP contribution is -3.00. The predicted octanol–water partition coefficient (Wildman–Crippen LogP) is 1.82. The van der Waals surface area contributed by atoms with E-state index in [0.29, 0.717) is 6.54 Å². The molecule has 1 unspecified atom stereocenters. The third-order valence-electron chi connectivity index (χ3n) is 5.86. The normalized spacial score (nSPS) is 19.8. The number of halogens is 2. The average Bonchev–Trinajstić information content (AvgIpc) is 3.08. The minimum Gasteiger partial charge on any atom is -1.00 e. The summed E-state index contributed by atoms with van der Waals surface area (Å²) >= 11 is 3.52. The highest BCUT2D eigenvalue weighted by Crippen LogP contribution is 2.42. The van der Waals surface area contributed by atoms with E-state index in [1.165, 1.54) is 5.56 Å². The highest BCUT2D eigenvalue weighted by Gasteiger charge is 2.54. The molecule has 1 N–H and O–H groups in total. The fourth-order valence-corrected chi connectivity index (χ4v) is 4.69. The van der Waals surface area contributed by atoms with Gasteiger partial charge in [-0.1, -0.05) is 34.1 Å². The smallest absolute Gasteiger partial charge is 0.275 e. The third kappa shape index (κ3) is 3.37. The molecular weight excluding hydrogens is 508 g/mol. The van der Waals surface area contributed by atoms with Crippen LogP contribution in [0.4, 0.5) is 11.4 Å². The highest BCUT2D eigenvalue weighted by atomic mass is 79.9. The maximum atomic E-state index is 12.1. The monoisotopic (exact) mass is 528 g/mol. The number of nitrogens with zero attached hydrogens (tertiary/aromatic N) is 2. The Kier molecular flexibility index (Phi) is 5.75. The molecule has 0 amide bonds. The first kappa shape index (κ1) is 21.1. The van der Waals surface area contributed by atoms with E-state index in [0.717, 1.165) is 45.8 Å². The maximum absolute atomic E-state index is 12.1. The number of aryl methyl sites for hydroxylation is 1. The average molecular weight is 530 g/mol. The summed E-state index contributed by atoms with van der Waals surface area (Å²) in [5.74, 6) is 1.91. The van der Waals surface area contributed by atoms with Crippen molar-refractivity contribution < 1.29 is 31.4 Å². The predicted molar refractivity (Wildman–Crippen MR) is 118 cm³/mol. The second-order valence-corrected chi connectivity index (χ2v) is 8.40. The van der Waals surface area contributed by atoms with Gasteiger partial charge in [-0.2, -0.15) is 4.58 Å². The number of benzene rings is 3. The molecule has 0 fully saturated rings. The molecule has 2 aliphatic heterocycles. The van der Waals surface area contributed by atoms with Crippen molar-refractivity contribution >= 4 is 33.1 Å². The molecule has 30 heavy (non-hydrogen) atoms. The Balaban J connectivity index is 0.00000218. The summed E-state index contributed by atoms with van der Waals surface area (Å²) < 4.78 is 8.48. The summed E-state index contributed by atoms with van der Waals surface area (Å²) in [6.45, 7) is 0.463. The largest absolute Gasteiger partial charge is 1.00 e. The van der Waals surface area contributed by atoms with Crippen molar-refractivity contribution in [3.8, 4) is 5.75 Å². The van der Waals surface area contributed by atoms with Crippen LogP contribution >= 0.6 is 15.9 Å². The molecule has 0 spiro atoms. The number of anilines is 1. The van der Waals surface area contributed by atoms with Crippen molar-refractivity contribution in [3.63, 3.8) is 0 Å². The first-order valence-corrected chi connectivity index (χ1v) is 10.5. The summed E-state index contributed by atoms with van der Waals surface area (Å²) in [6.07, 6.45) is 1.85. The van der Waals surface area contributed by atoms with Crippen LogP contribution < -0.4 is 26.6 Å². The van der Waals surface area contributed by atoms with Crippen LogP contribution in [-0.4, -0.2) is 29.2 Å². The lowest BCUT2D eigenvalue weighted by Gasteiger charge is -2.26. The SMILES string of the molecule is COc1ccc(C2(O)CN(c3ccc(Br)cc3)C3=[N+]2c2ccccc2CC3)cc1.[Br-]. The number of hydrogen-bond acceptors (Lipinski definition) is 3. The van der Waals surface area contributed by atoms with Crippen LogP contribution in [0.3, 0.4) is 0 Å². The lowest BCUT2D eigenvalue weighted by molar-refractivity contribution is -0.594. The molecule has 2 aliphatic rings. The Labute approximate surface area is 195 Å². The van der Waals surface area contributed by atoms with Crippen molar-refractivity contribution in [3.05, 3.63) is 88.4 Å². The van der Waals surface area contributed by atoms with E-state index in [1.807, 2.05) is 42.5 Å². The van der Waals surface area contributed by atoms with Crippen LogP contribution in [0, 0.1) is 0 Å². The molecule has 6 heteroatoms. The Hall–Kier alpha value is -2.15. The number of ether oxygens (including phenoxy) is 1. The standard InChI is InChI=1S/C24H22BrN2O2.BrH/c1-29-21-13-7-18(8-14-21)24(28)16-26(20-11-9-19(25)10-12-20)23-15-6-17-4-2-3-5-22(17)27(23)24;/h2-5,7-14,28H,6,15-16H2,1H3;1H/q+1;/p-1.